The number of nitrogens with one attached hydrogen (secondary N) is 2. The quantitative estimate of drug-likeness (QED) is 0.200. The Morgan fingerprint density at radius 1 is 0.929 bits per heavy atom. The van der Waals surface area contributed by atoms with Gasteiger partial charge in [0, 0.05) is 26.2 Å². The first-order chi connectivity index (χ1) is 19.7. The number of anilines is 1. The van der Waals surface area contributed by atoms with Crippen LogP contribution in [0.5, 0.6) is 0 Å². The van der Waals surface area contributed by atoms with Gasteiger partial charge in [0.25, 0.3) is 0 Å². The normalized spacial score (nSPS) is 12.8. The molecule has 0 spiro atoms. The Bertz CT molecular complexity index is 1500. The van der Waals surface area contributed by atoms with Crippen molar-refractivity contribution in [1.29, 1.82) is 0 Å². The molecule has 0 aliphatic heterocycles. The highest BCUT2D eigenvalue weighted by atomic mass is 19.4. The Morgan fingerprint density at radius 3 is 2.17 bits per heavy atom. The number of amides is 2. The Kier molecular flexibility index (Phi) is 8.97. The second-order valence-electron chi connectivity index (χ2n) is 9.88. The van der Waals surface area contributed by atoms with Gasteiger partial charge in [0.15, 0.2) is 0 Å². The summed E-state index contributed by atoms with van der Waals surface area (Å²) in [6, 6.07) is 13.9. The van der Waals surface area contributed by atoms with Gasteiger partial charge in [-0.2, -0.15) is 26.3 Å². The number of hydrogen-bond acceptors (Lipinski definition) is 3. The van der Waals surface area contributed by atoms with Crippen LogP contribution in [-0.2, 0) is 25.4 Å². The number of para-hydroxylation sites is 2. The maximum Gasteiger partial charge on any atom is 0.416 e. The summed E-state index contributed by atoms with van der Waals surface area (Å²) >= 11 is 0. The van der Waals surface area contributed by atoms with Crippen molar-refractivity contribution < 1.29 is 35.5 Å². The number of urea groups is 1. The Labute approximate surface area is 237 Å². The van der Waals surface area contributed by atoms with Crippen LogP contribution in [-0.4, -0.2) is 40.1 Å². The zero-order valence-corrected chi connectivity index (χ0v) is 22.7. The molecule has 0 aliphatic carbocycles. The minimum Gasteiger partial charge on any atom is -0.356 e. The summed E-state index contributed by atoms with van der Waals surface area (Å²) in [6.07, 6.45) is -9.50. The Hall–Kier alpha value is -4.29. The SMILES string of the molecule is CC(CCNc1nc2ccccc2n1Cc1ccc(F)cc1)N(C)C(=O)NCc1cc(C(F)(F)F)cc(C(F)(F)F)c1. The Balaban J connectivity index is 1.37. The molecule has 1 unspecified atom stereocenters. The second kappa shape index (κ2) is 12.3. The van der Waals surface area contributed by atoms with Crippen LogP contribution in [0, 0.1) is 5.82 Å². The first kappa shape index (κ1) is 30.7. The molecule has 0 fully saturated rings. The molecular weight excluding hydrogens is 567 g/mol. The van der Waals surface area contributed by atoms with Crippen LogP contribution < -0.4 is 10.6 Å². The van der Waals surface area contributed by atoms with Crippen molar-refractivity contribution in [3.05, 3.63) is 94.8 Å². The molecule has 13 heteroatoms. The summed E-state index contributed by atoms with van der Waals surface area (Å²) in [5, 5.41) is 5.66. The van der Waals surface area contributed by atoms with Crippen LogP contribution in [0.3, 0.4) is 0 Å². The van der Waals surface area contributed by atoms with E-state index in [0.29, 0.717) is 37.6 Å². The van der Waals surface area contributed by atoms with Gasteiger partial charge in [-0.1, -0.05) is 24.3 Å². The molecule has 0 bridgehead atoms. The van der Waals surface area contributed by atoms with Gasteiger partial charge in [0.2, 0.25) is 5.95 Å². The van der Waals surface area contributed by atoms with Crippen LogP contribution in [0.15, 0.2) is 66.7 Å². The third-order valence-electron chi connectivity index (χ3n) is 6.83. The molecule has 6 nitrogen and oxygen atoms in total. The van der Waals surface area contributed by atoms with Gasteiger partial charge in [-0.3, -0.25) is 0 Å². The number of halogens is 7. The largest absolute Gasteiger partial charge is 0.416 e. The molecule has 1 heterocycles. The van der Waals surface area contributed by atoms with Crippen molar-refractivity contribution in [3.63, 3.8) is 0 Å². The van der Waals surface area contributed by atoms with Gasteiger partial charge >= 0.3 is 18.4 Å². The molecule has 1 aromatic heterocycles. The smallest absolute Gasteiger partial charge is 0.356 e. The van der Waals surface area contributed by atoms with Crippen LogP contribution >= 0.6 is 0 Å². The van der Waals surface area contributed by atoms with Gasteiger partial charge in [0.05, 0.1) is 28.7 Å². The number of benzene rings is 3. The van der Waals surface area contributed by atoms with Gasteiger partial charge < -0.3 is 20.1 Å². The lowest BCUT2D eigenvalue weighted by atomic mass is 10.0. The minimum absolute atomic E-state index is 0.0421. The Morgan fingerprint density at radius 2 is 1.55 bits per heavy atom. The number of nitrogens with zero attached hydrogens (tertiary/aromatic N) is 3. The van der Waals surface area contributed by atoms with E-state index in [-0.39, 0.29) is 23.5 Å². The molecule has 4 rings (SSSR count). The molecule has 2 amide bonds. The summed E-state index contributed by atoms with van der Waals surface area (Å²) in [4.78, 5) is 18.6. The monoisotopic (exact) mass is 595 g/mol. The van der Waals surface area contributed by atoms with Gasteiger partial charge in [-0.15, -0.1) is 0 Å². The highest BCUT2D eigenvalue weighted by Crippen LogP contribution is 2.36. The molecule has 4 aromatic rings. The number of rotatable bonds is 9. The first-order valence-electron chi connectivity index (χ1n) is 12.9. The van der Waals surface area contributed by atoms with Crippen LogP contribution in [0.2, 0.25) is 0 Å². The molecule has 224 valence electrons. The standard InChI is InChI=1S/C29H28F7N5O/c1-18(40(2)27(42)38-16-20-13-21(28(31,32)33)15-22(14-20)29(34,35)36)11-12-37-26-39-24-5-3-4-6-25(24)41(26)17-19-7-9-23(30)10-8-19/h3-10,13-15,18H,11-12,16-17H2,1-2H3,(H,37,39)(H,38,42). The van der Waals surface area contributed by atoms with Crippen molar-refractivity contribution >= 4 is 23.0 Å². The summed E-state index contributed by atoms with van der Waals surface area (Å²) in [7, 11) is 1.48. The second-order valence-corrected chi connectivity index (χ2v) is 9.88. The fourth-order valence-corrected chi connectivity index (χ4v) is 4.35. The summed E-state index contributed by atoms with van der Waals surface area (Å²) in [5.74, 6) is 0.237. The zero-order valence-electron chi connectivity index (χ0n) is 22.7. The maximum atomic E-state index is 13.4. The first-order valence-corrected chi connectivity index (χ1v) is 12.9. The highest BCUT2D eigenvalue weighted by molar-refractivity contribution is 5.78. The van der Waals surface area contributed by atoms with Crippen molar-refractivity contribution in [2.45, 2.75) is 44.8 Å². The van der Waals surface area contributed by atoms with E-state index < -0.39 is 36.1 Å². The van der Waals surface area contributed by atoms with Crippen LogP contribution in [0.1, 0.15) is 35.6 Å². The average molecular weight is 596 g/mol. The lowest BCUT2D eigenvalue weighted by molar-refractivity contribution is -0.143. The summed E-state index contributed by atoms with van der Waals surface area (Å²) < 4.78 is 94.1. The molecule has 42 heavy (non-hydrogen) atoms. The number of fused-ring (bicyclic) bond motifs is 1. The fraction of sp³-hybridized carbons (Fsp3) is 0.310. The average Bonchev–Trinajstić information content (AvgIpc) is 3.28. The molecule has 3 aromatic carbocycles. The van der Waals surface area contributed by atoms with E-state index in [2.05, 4.69) is 15.6 Å². The maximum absolute atomic E-state index is 13.4. The van der Waals surface area contributed by atoms with Crippen molar-refractivity contribution in [1.82, 2.24) is 19.8 Å². The van der Waals surface area contributed by atoms with Crippen molar-refractivity contribution in [2.24, 2.45) is 0 Å². The predicted molar refractivity (Wildman–Crippen MR) is 144 cm³/mol. The number of alkyl halides is 6. The number of hydrogen-bond donors (Lipinski definition) is 2. The number of carbonyl (C=O) groups excluding carboxylic acids is 1. The molecule has 2 N–H and O–H groups in total. The van der Waals surface area contributed by atoms with Crippen molar-refractivity contribution in [2.75, 3.05) is 18.9 Å². The van der Waals surface area contributed by atoms with E-state index in [1.165, 1.54) is 24.1 Å². The predicted octanol–water partition coefficient (Wildman–Crippen LogP) is 7.29. The van der Waals surface area contributed by atoms with E-state index in [1.807, 2.05) is 28.8 Å². The topological polar surface area (TPSA) is 62.2 Å². The third kappa shape index (κ3) is 7.51. The lowest BCUT2D eigenvalue weighted by Gasteiger charge is -2.25. The minimum atomic E-state index is -4.97. The molecule has 1 atom stereocenters. The fourth-order valence-electron chi connectivity index (χ4n) is 4.35. The van der Waals surface area contributed by atoms with E-state index in [9.17, 15) is 35.5 Å². The van der Waals surface area contributed by atoms with Gasteiger partial charge in [-0.05, 0) is 66.9 Å². The molecule has 0 saturated heterocycles. The molecule has 0 aliphatic rings. The van der Waals surface area contributed by atoms with Crippen LogP contribution in [0.25, 0.3) is 11.0 Å². The van der Waals surface area contributed by atoms with Gasteiger partial charge in [-0.25, -0.2) is 14.2 Å². The van der Waals surface area contributed by atoms with E-state index in [1.54, 1.807) is 19.1 Å². The lowest BCUT2D eigenvalue weighted by Crippen LogP contribution is -2.42. The van der Waals surface area contributed by atoms with E-state index in [4.69, 9.17) is 0 Å². The highest BCUT2D eigenvalue weighted by Gasteiger charge is 2.37. The summed E-state index contributed by atoms with van der Waals surface area (Å²) in [6.45, 7) is 2.07. The third-order valence-corrected chi connectivity index (χ3v) is 6.83. The summed E-state index contributed by atoms with van der Waals surface area (Å²) in [5.41, 5.74) is -0.713. The number of carbonyl (C=O) groups is 1. The number of aromatic nitrogens is 2. The van der Waals surface area contributed by atoms with Crippen LogP contribution in [0.4, 0.5) is 41.5 Å². The zero-order chi connectivity index (χ0) is 30.7. The molecule has 0 radical (unpaired) electrons. The van der Waals surface area contributed by atoms with Crippen molar-refractivity contribution in [3.8, 4) is 0 Å². The number of imidazole rings is 1. The van der Waals surface area contributed by atoms with E-state index >= 15 is 0 Å². The molecule has 0 saturated carbocycles. The van der Waals surface area contributed by atoms with E-state index in [0.717, 1.165) is 16.6 Å². The van der Waals surface area contributed by atoms with Gasteiger partial charge in [0.1, 0.15) is 5.82 Å². The molecular formula is C29H28F7N5O.